The molecular formula is C16H27NO6. The molecule has 0 heterocycles. The number of allylic oxidation sites excluding steroid dienone is 2. The van der Waals surface area contributed by atoms with E-state index in [1.165, 1.54) is 0 Å². The van der Waals surface area contributed by atoms with Crippen LogP contribution in [0.5, 0.6) is 0 Å². The molecule has 0 aromatic carbocycles. The van der Waals surface area contributed by atoms with Gasteiger partial charge in [-0.15, -0.1) is 0 Å². The Labute approximate surface area is 136 Å². The minimum atomic E-state index is -1.44. The second-order valence-electron chi connectivity index (χ2n) is 5.81. The molecule has 7 heteroatoms. The lowest BCUT2D eigenvalue weighted by Gasteiger charge is -2.36. The summed E-state index contributed by atoms with van der Waals surface area (Å²) in [6.45, 7) is 0.637. The highest BCUT2D eigenvalue weighted by Crippen LogP contribution is 2.12. The molecule has 0 atom stereocenters. The first-order valence-electron chi connectivity index (χ1n) is 7.95. The van der Waals surface area contributed by atoms with Gasteiger partial charge in [-0.05, 0) is 32.1 Å². The van der Waals surface area contributed by atoms with E-state index in [2.05, 4.69) is 19.1 Å². The lowest BCUT2D eigenvalue weighted by Crippen LogP contribution is -2.59. The van der Waals surface area contributed by atoms with Crippen LogP contribution in [0.1, 0.15) is 45.4 Å². The zero-order chi connectivity index (χ0) is 17.7. The van der Waals surface area contributed by atoms with Crippen molar-refractivity contribution in [2.45, 2.75) is 45.4 Å². The molecule has 0 aliphatic rings. The minimum absolute atomic E-state index is 0.200. The topological polar surface area (TPSA) is 115 Å². The Bertz CT molecular complexity index is 378. The van der Waals surface area contributed by atoms with Crippen LogP contribution in [0.15, 0.2) is 12.2 Å². The lowest BCUT2D eigenvalue weighted by molar-refractivity contribution is -0.909. The number of quaternary nitrogens is 1. The number of carbonyl (C=O) groups excluding carboxylic acids is 1. The van der Waals surface area contributed by atoms with Gasteiger partial charge in [-0.25, -0.2) is 9.59 Å². The van der Waals surface area contributed by atoms with Crippen LogP contribution < -0.4 is 5.11 Å². The maximum Gasteiger partial charge on any atom is 0.359 e. The summed E-state index contributed by atoms with van der Waals surface area (Å²) in [6.07, 6.45) is 9.56. The second-order valence-corrected chi connectivity index (χ2v) is 5.81. The molecule has 0 saturated heterocycles. The van der Waals surface area contributed by atoms with Gasteiger partial charge in [-0.3, -0.25) is 0 Å². The number of carbonyl (C=O) groups is 3. The number of nitrogens with zero attached hydrogens (tertiary/aromatic N) is 1. The maximum atomic E-state index is 11.0. The summed E-state index contributed by atoms with van der Waals surface area (Å²) < 4.78 is -0.515. The summed E-state index contributed by atoms with van der Waals surface area (Å²) >= 11 is 0. The van der Waals surface area contributed by atoms with E-state index in [9.17, 15) is 19.5 Å². The minimum Gasteiger partial charge on any atom is -0.544 e. The molecule has 0 aromatic heterocycles. The van der Waals surface area contributed by atoms with Gasteiger partial charge in [-0.2, -0.15) is 0 Å². The van der Waals surface area contributed by atoms with Crippen molar-refractivity contribution in [1.82, 2.24) is 0 Å². The van der Waals surface area contributed by atoms with Gasteiger partial charge in [-0.1, -0.05) is 25.5 Å². The number of carboxylic acids is 3. The SMILES string of the molecule is CCC/C=C/CCCCC[N+](CC(=O)[O-])(CC(=O)O)CC(=O)O. The van der Waals surface area contributed by atoms with Crippen molar-refractivity contribution in [2.24, 2.45) is 0 Å². The fourth-order valence-electron chi connectivity index (χ4n) is 2.54. The predicted molar refractivity (Wildman–Crippen MR) is 82.5 cm³/mol. The van der Waals surface area contributed by atoms with Gasteiger partial charge in [0, 0.05) is 0 Å². The van der Waals surface area contributed by atoms with Crippen molar-refractivity contribution in [3.8, 4) is 0 Å². The number of hydrogen-bond acceptors (Lipinski definition) is 4. The average molecular weight is 329 g/mol. The highest BCUT2D eigenvalue weighted by molar-refractivity contribution is 5.72. The van der Waals surface area contributed by atoms with Crippen molar-refractivity contribution in [1.29, 1.82) is 0 Å². The lowest BCUT2D eigenvalue weighted by atomic mass is 10.1. The predicted octanol–water partition coefficient (Wildman–Crippen LogP) is 0.639. The first-order chi connectivity index (χ1) is 10.8. The fourth-order valence-corrected chi connectivity index (χ4v) is 2.54. The summed E-state index contributed by atoms with van der Waals surface area (Å²) in [6, 6.07) is 0. The third-order valence-electron chi connectivity index (χ3n) is 3.53. The molecule has 0 aliphatic carbocycles. The molecule has 0 spiro atoms. The van der Waals surface area contributed by atoms with Gasteiger partial charge < -0.3 is 24.6 Å². The summed E-state index contributed by atoms with van der Waals surface area (Å²) in [5, 5.41) is 28.8. The zero-order valence-corrected chi connectivity index (χ0v) is 13.7. The Balaban J connectivity index is 4.52. The van der Waals surface area contributed by atoms with Crippen molar-refractivity contribution in [3.05, 3.63) is 12.2 Å². The van der Waals surface area contributed by atoms with Crippen LogP contribution in [0.2, 0.25) is 0 Å². The van der Waals surface area contributed by atoms with Gasteiger partial charge in [0.05, 0.1) is 12.5 Å². The molecule has 0 saturated carbocycles. The van der Waals surface area contributed by atoms with Crippen molar-refractivity contribution in [3.63, 3.8) is 0 Å². The van der Waals surface area contributed by atoms with E-state index in [1.54, 1.807) is 0 Å². The van der Waals surface area contributed by atoms with Crippen LogP contribution in [0.3, 0.4) is 0 Å². The number of aliphatic carboxylic acids is 3. The van der Waals surface area contributed by atoms with E-state index in [0.29, 0.717) is 6.42 Å². The summed E-state index contributed by atoms with van der Waals surface area (Å²) in [7, 11) is 0. The van der Waals surface area contributed by atoms with Crippen molar-refractivity contribution < 1.29 is 34.2 Å². The molecule has 0 unspecified atom stereocenters. The Morgan fingerprint density at radius 2 is 1.48 bits per heavy atom. The van der Waals surface area contributed by atoms with Crippen molar-refractivity contribution >= 4 is 17.9 Å². The van der Waals surface area contributed by atoms with Gasteiger partial charge in [0.15, 0.2) is 13.1 Å². The van der Waals surface area contributed by atoms with Crippen LogP contribution in [-0.2, 0) is 14.4 Å². The zero-order valence-electron chi connectivity index (χ0n) is 13.7. The smallest absolute Gasteiger partial charge is 0.359 e. The van der Waals surface area contributed by atoms with Gasteiger partial charge in [0.25, 0.3) is 0 Å². The Morgan fingerprint density at radius 3 is 1.96 bits per heavy atom. The Kier molecular flexibility index (Phi) is 10.7. The maximum absolute atomic E-state index is 11.0. The Morgan fingerprint density at radius 1 is 0.913 bits per heavy atom. The van der Waals surface area contributed by atoms with E-state index in [0.717, 1.165) is 32.1 Å². The molecule has 23 heavy (non-hydrogen) atoms. The molecule has 2 N–H and O–H groups in total. The molecule has 0 bridgehead atoms. The molecule has 0 aliphatic heterocycles. The van der Waals surface area contributed by atoms with Gasteiger partial charge in [0.1, 0.15) is 6.54 Å². The summed E-state index contributed by atoms with van der Waals surface area (Å²) in [5.74, 6) is -3.86. The first-order valence-corrected chi connectivity index (χ1v) is 7.95. The number of hydrogen-bond donors (Lipinski definition) is 2. The highest BCUT2D eigenvalue weighted by Gasteiger charge is 2.33. The highest BCUT2D eigenvalue weighted by atomic mass is 16.4. The molecule has 0 aromatic rings. The molecule has 132 valence electrons. The quantitative estimate of drug-likeness (QED) is 0.274. The van der Waals surface area contributed by atoms with E-state index in [1.807, 2.05) is 0 Å². The van der Waals surface area contributed by atoms with Crippen LogP contribution in [0.25, 0.3) is 0 Å². The van der Waals surface area contributed by atoms with E-state index in [4.69, 9.17) is 10.2 Å². The van der Waals surface area contributed by atoms with E-state index < -0.39 is 42.0 Å². The van der Waals surface area contributed by atoms with Crippen LogP contribution >= 0.6 is 0 Å². The molecule has 0 amide bonds. The third-order valence-corrected chi connectivity index (χ3v) is 3.53. The third kappa shape index (κ3) is 11.3. The summed E-state index contributed by atoms with van der Waals surface area (Å²) in [5.41, 5.74) is 0. The standard InChI is InChI=1S/C16H27NO6/c1-2-3-4-5-6-7-8-9-10-17(11-14(18)19,12-15(20)21)13-16(22)23/h4-5H,2-3,6-13H2,1H3,(H2-,18,19,20,21,22,23)/b5-4+. The summed E-state index contributed by atoms with van der Waals surface area (Å²) in [4.78, 5) is 32.9. The second kappa shape index (κ2) is 11.6. The molecule has 0 fully saturated rings. The first kappa shape index (κ1) is 21.1. The molecule has 7 nitrogen and oxygen atoms in total. The largest absolute Gasteiger partial charge is 0.544 e. The van der Waals surface area contributed by atoms with E-state index in [-0.39, 0.29) is 6.54 Å². The number of carboxylic acid groups (broad SMARTS) is 3. The van der Waals surface area contributed by atoms with Crippen LogP contribution in [0.4, 0.5) is 0 Å². The fraction of sp³-hybridized carbons (Fsp3) is 0.688. The average Bonchev–Trinajstić information content (AvgIpc) is 2.39. The number of rotatable bonds is 14. The van der Waals surface area contributed by atoms with Crippen LogP contribution in [-0.4, -0.2) is 58.8 Å². The van der Waals surface area contributed by atoms with Gasteiger partial charge >= 0.3 is 11.9 Å². The number of unbranched alkanes of at least 4 members (excludes halogenated alkanes) is 4. The Hall–Kier alpha value is -1.89. The van der Waals surface area contributed by atoms with Crippen molar-refractivity contribution in [2.75, 3.05) is 26.2 Å². The van der Waals surface area contributed by atoms with Gasteiger partial charge in [0.2, 0.25) is 0 Å². The molecule has 0 radical (unpaired) electrons. The monoisotopic (exact) mass is 329 g/mol. The molecular weight excluding hydrogens is 302 g/mol. The molecule has 0 rings (SSSR count). The van der Waals surface area contributed by atoms with Crippen LogP contribution in [0, 0.1) is 0 Å². The normalized spacial score (nSPS) is 11.7. The van der Waals surface area contributed by atoms with E-state index >= 15 is 0 Å².